The third-order valence-electron chi connectivity index (χ3n) is 5.93. The number of benzene rings is 2. The number of aliphatic hydroxyl groups is 1. The molecule has 1 unspecified atom stereocenters. The van der Waals surface area contributed by atoms with Crippen molar-refractivity contribution in [1.82, 2.24) is 9.80 Å². The summed E-state index contributed by atoms with van der Waals surface area (Å²) in [6.07, 6.45) is 0. The van der Waals surface area contributed by atoms with Crippen molar-refractivity contribution >= 4 is 29.1 Å². The third-order valence-corrected chi connectivity index (χ3v) is 6.24. The zero-order chi connectivity index (χ0) is 25.2. The van der Waals surface area contributed by atoms with Crippen LogP contribution >= 0.6 is 11.6 Å². The fraction of sp³-hybridized carbons (Fsp3) is 0.407. The molecule has 1 amide bonds. The molecule has 1 fully saturated rings. The normalized spacial score (nSPS) is 18.1. The van der Waals surface area contributed by atoms with Crippen LogP contribution in [0.4, 0.5) is 0 Å². The molecule has 1 atom stereocenters. The molecule has 6 nitrogen and oxygen atoms in total. The van der Waals surface area contributed by atoms with Gasteiger partial charge in [-0.3, -0.25) is 9.59 Å². The average Bonchev–Trinajstić information content (AvgIpc) is 3.03. The van der Waals surface area contributed by atoms with Crippen molar-refractivity contribution in [2.75, 3.05) is 33.8 Å². The van der Waals surface area contributed by atoms with Crippen LogP contribution in [-0.2, 0) is 15.0 Å². The predicted molar refractivity (Wildman–Crippen MR) is 135 cm³/mol. The molecule has 1 saturated heterocycles. The summed E-state index contributed by atoms with van der Waals surface area (Å²) in [5, 5.41) is 11.7. The van der Waals surface area contributed by atoms with Gasteiger partial charge >= 0.3 is 0 Å². The highest BCUT2D eigenvalue weighted by molar-refractivity contribution is 6.46. The number of Topliss-reactive ketones (excluding diaryl/α,β-unsaturated/α-hetero) is 1. The van der Waals surface area contributed by atoms with E-state index < -0.39 is 17.7 Å². The number of rotatable bonds is 7. The van der Waals surface area contributed by atoms with Crippen molar-refractivity contribution < 1.29 is 19.4 Å². The van der Waals surface area contributed by atoms with Gasteiger partial charge in [-0.05, 0) is 55.8 Å². The van der Waals surface area contributed by atoms with Gasteiger partial charge < -0.3 is 19.6 Å². The number of carbonyl (C=O) groups is 2. The van der Waals surface area contributed by atoms with Gasteiger partial charge in [0.15, 0.2) is 0 Å². The highest BCUT2D eigenvalue weighted by Crippen LogP contribution is 2.40. The molecule has 3 rings (SSSR count). The number of amides is 1. The van der Waals surface area contributed by atoms with Gasteiger partial charge in [0.05, 0.1) is 23.2 Å². The number of ketones is 1. The Balaban J connectivity index is 2.15. The lowest BCUT2D eigenvalue weighted by molar-refractivity contribution is -0.140. The maximum absolute atomic E-state index is 13.2. The zero-order valence-electron chi connectivity index (χ0n) is 20.7. The van der Waals surface area contributed by atoms with Crippen LogP contribution in [0.15, 0.2) is 48.0 Å². The fourth-order valence-electron chi connectivity index (χ4n) is 4.00. The molecule has 0 aromatic heterocycles. The lowest BCUT2D eigenvalue weighted by atomic mass is 9.85. The predicted octanol–water partition coefficient (Wildman–Crippen LogP) is 5.02. The Morgan fingerprint density at radius 1 is 1.12 bits per heavy atom. The van der Waals surface area contributed by atoms with E-state index in [2.05, 4.69) is 20.8 Å². The molecule has 34 heavy (non-hydrogen) atoms. The third kappa shape index (κ3) is 5.29. The lowest BCUT2D eigenvalue weighted by Crippen LogP contribution is -2.35. The molecule has 0 spiro atoms. The number of likely N-dealkylation sites (tertiary alicyclic amines) is 1. The van der Waals surface area contributed by atoms with Gasteiger partial charge in [-0.15, -0.1) is 0 Å². The minimum absolute atomic E-state index is 0.0375. The number of ether oxygens (including phenoxy) is 1. The molecule has 0 radical (unpaired) electrons. The van der Waals surface area contributed by atoms with Gasteiger partial charge in [-0.25, -0.2) is 0 Å². The van der Waals surface area contributed by atoms with Crippen molar-refractivity contribution in [2.24, 2.45) is 0 Å². The highest BCUT2D eigenvalue weighted by Gasteiger charge is 2.46. The van der Waals surface area contributed by atoms with E-state index in [1.54, 1.807) is 23.1 Å². The van der Waals surface area contributed by atoms with Crippen LogP contribution in [0.1, 0.15) is 50.4 Å². The second kappa shape index (κ2) is 10.2. The van der Waals surface area contributed by atoms with Crippen LogP contribution in [-0.4, -0.2) is 60.4 Å². The van der Waals surface area contributed by atoms with E-state index >= 15 is 0 Å². The number of nitrogens with zero attached hydrogens (tertiary/aromatic N) is 2. The number of carbonyl (C=O) groups excluding carboxylic acids is 2. The Morgan fingerprint density at radius 2 is 1.76 bits per heavy atom. The quantitative estimate of drug-likeness (QED) is 0.339. The Kier molecular flexibility index (Phi) is 7.74. The van der Waals surface area contributed by atoms with Gasteiger partial charge in [0.25, 0.3) is 11.7 Å². The maximum atomic E-state index is 13.2. The fourth-order valence-corrected chi connectivity index (χ4v) is 4.17. The summed E-state index contributed by atoms with van der Waals surface area (Å²) in [6.45, 7) is 9.55. The summed E-state index contributed by atoms with van der Waals surface area (Å²) in [5.41, 5.74) is 2.31. The van der Waals surface area contributed by atoms with E-state index in [0.29, 0.717) is 36.0 Å². The summed E-state index contributed by atoms with van der Waals surface area (Å²) in [6, 6.07) is 12.0. The average molecular weight is 485 g/mol. The molecular weight excluding hydrogens is 452 g/mol. The largest absolute Gasteiger partial charge is 0.507 e. The van der Waals surface area contributed by atoms with E-state index in [4.69, 9.17) is 16.3 Å². The summed E-state index contributed by atoms with van der Waals surface area (Å²) in [4.78, 5) is 29.7. The van der Waals surface area contributed by atoms with Gasteiger partial charge in [-0.2, -0.15) is 0 Å². The molecule has 0 aliphatic carbocycles. The van der Waals surface area contributed by atoms with E-state index in [1.165, 1.54) is 0 Å². The van der Waals surface area contributed by atoms with Crippen LogP contribution in [0, 0.1) is 0 Å². The standard InChI is InChI=1S/C27H33ClN2O4/c1-7-34-21-16-18(10-13-20(21)28)24(31)22-23(17-8-11-19(12-9-17)27(2,3)4)30(15-14-29(5)6)26(33)25(22)32/h8-13,16,23,31H,7,14-15H2,1-6H3/b24-22-. The van der Waals surface area contributed by atoms with Crippen LogP contribution in [0.2, 0.25) is 5.02 Å². The van der Waals surface area contributed by atoms with E-state index in [-0.39, 0.29) is 16.7 Å². The topological polar surface area (TPSA) is 70.1 Å². The Hall–Kier alpha value is -2.83. The van der Waals surface area contributed by atoms with Crippen LogP contribution in [0.5, 0.6) is 5.75 Å². The second-order valence-electron chi connectivity index (χ2n) is 9.75. The SMILES string of the molecule is CCOc1cc(/C(O)=C2/C(=O)C(=O)N(CCN(C)C)C2c2ccc(C(C)(C)C)cc2)ccc1Cl. The molecule has 0 bridgehead atoms. The number of likely N-dealkylation sites (N-methyl/N-ethyl adjacent to an activating group) is 1. The van der Waals surface area contributed by atoms with Crippen molar-refractivity contribution in [2.45, 2.75) is 39.2 Å². The summed E-state index contributed by atoms with van der Waals surface area (Å²) < 4.78 is 5.55. The monoisotopic (exact) mass is 484 g/mol. The molecule has 182 valence electrons. The van der Waals surface area contributed by atoms with Crippen molar-refractivity contribution in [1.29, 1.82) is 0 Å². The Morgan fingerprint density at radius 3 is 2.32 bits per heavy atom. The molecule has 7 heteroatoms. The van der Waals surface area contributed by atoms with Gasteiger partial charge in [-0.1, -0.05) is 56.6 Å². The summed E-state index contributed by atoms with van der Waals surface area (Å²) in [7, 11) is 3.82. The highest BCUT2D eigenvalue weighted by atomic mass is 35.5. The van der Waals surface area contributed by atoms with Crippen molar-refractivity contribution in [3.8, 4) is 5.75 Å². The van der Waals surface area contributed by atoms with Gasteiger partial charge in [0.2, 0.25) is 0 Å². The first-order chi connectivity index (χ1) is 16.0. The second-order valence-corrected chi connectivity index (χ2v) is 10.2. The Bertz CT molecular complexity index is 1100. The number of aliphatic hydroxyl groups excluding tert-OH is 1. The first kappa shape index (κ1) is 25.8. The minimum atomic E-state index is -0.700. The van der Waals surface area contributed by atoms with Crippen LogP contribution in [0.3, 0.4) is 0 Å². The summed E-state index contributed by atoms with van der Waals surface area (Å²) in [5.74, 6) is -1.16. The zero-order valence-corrected chi connectivity index (χ0v) is 21.4. The molecular formula is C27H33ClN2O4. The number of halogens is 1. The van der Waals surface area contributed by atoms with Crippen molar-refractivity contribution in [3.63, 3.8) is 0 Å². The summed E-state index contributed by atoms with van der Waals surface area (Å²) >= 11 is 6.20. The van der Waals surface area contributed by atoms with Crippen LogP contribution in [0.25, 0.3) is 5.76 Å². The first-order valence-electron chi connectivity index (χ1n) is 11.4. The van der Waals surface area contributed by atoms with Gasteiger partial charge in [0.1, 0.15) is 11.5 Å². The van der Waals surface area contributed by atoms with Gasteiger partial charge in [0, 0.05) is 18.7 Å². The minimum Gasteiger partial charge on any atom is -0.507 e. The maximum Gasteiger partial charge on any atom is 0.295 e. The molecule has 1 aliphatic heterocycles. The molecule has 1 N–H and O–H groups in total. The first-order valence-corrected chi connectivity index (χ1v) is 11.8. The van der Waals surface area contributed by atoms with E-state index in [1.807, 2.05) is 50.2 Å². The molecule has 2 aromatic rings. The molecule has 1 heterocycles. The van der Waals surface area contributed by atoms with E-state index in [0.717, 1.165) is 11.1 Å². The molecule has 1 aliphatic rings. The Labute approximate surface area is 206 Å². The number of hydrogen-bond donors (Lipinski definition) is 1. The van der Waals surface area contributed by atoms with E-state index in [9.17, 15) is 14.7 Å². The smallest absolute Gasteiger partial charge is 0.295 e. The lowest BCUT2D eigenvalue weighted by Gasteiger charge is -2.27. The molecule has 2 aromatic carbocycles. The molecule has 0 saturated carbocycles. The van der Waals surface area contributed by atoms with Crippen LogP contribution < -0.4 is 4.74 Å². The van der Waals surface area contributed by atoms with Crippen molar-refractivity contribution in [3.05, 3.63) is 69.8 Å². The number of hydrogen-bond acceptors (Lipinski definition) is 5.